The molecule has 20 atom stereocenters. The topological polar surface area (TPSA) is 519 Å². The lowest BCUT2D eigenvalue weighted by Gasteiger charge is -2.31. The van der Waals surface area contributed by atoms with Crippen LogP contribution in [0.1, 0.15) is 123 Å². The van der Waals surface area contributed by atoms with Crippen LogP contribution >= 0.6 is 30.8 Å². The number of esters is 4. The van der Waals surface area contributed by atoms with E-state index in [0.717, 1.165) is 77.9 Å². The first-order valence-electron chi connectivity index (χ1n) is 37.4. The SMILES string of the molecule is CC(C)OC(=O)[C@H](C)NP(=O)(OC[C@H]1O[C@@H](n2ccc(=O)[nH]c2=O)[C@](C)(F)[C@@H]1O)Oc1ccccc1.CC(C)OC(=O)[C@H](C)NP(=O)(Oc1ccccc1)O[C@@H]1[C@@H](CO)O[C@@H](n2ccc(=O)[nH]c2=O)[C@]1(C)F.CC(C)OC(=O)[C@H](C)NP(C)(=O)O[C@@H]1[C@@H](COP(=O)(N[C@@H](C)C(=O)OC(C)C)Oc2ccccc2)O[C@@H](n2ccc(=O)[nH]c2=O)[C@]1(C)F. The van der Waals surface area contributed by atoms with E-state index < -0.39 is 229 Å². The Morgan fingerprint density at radius 3 is 1.04 bits per heavy atom. The smallest absolute Gasteiger partial charge is 0.459 e. The van der Waals surface area contributed by atoms with Gasteiger partial charge >= 0.3 is 64.2 Å². The monoisotopic (exact) mass is 1780 g/mol. The predicted octanol–water partition coefficient (Wildman–Crippen LogP) is 6.75. The highest BCUT2D eigenvalue weighted by Crippen LogP contribution is 2.55. The first-order valence-corrected chi connectivity index (χ1v) is 44.1. The normalized spacial score (nSPS) is 25.7. The molecule has 6 aromatic rings. The molecular formula is C73H101F3N10O30P4. The molecule has 3 aliphatic heterocycles. The Morgan fingerprint density at radius 1 is 0.433 bits per heavy atom. The Kier molecular flexibility index (Phi) is 34.3. The van der Waals surface area contributed by atoms with Gasteiger partial charge in [-0.3, -0.25) is 80.4 Å². The van der Waals surface area contributed by atoms with E-state index in [-0.39, 0.29) is 17.2 Å². The summed E-state index contributed by atoms with van der Waals surface area (Å²) >= 11 is 0. The first kappa shape index (κ1) is 98.3. The maximum absolute atomic E-state index is 16.8. The third-order valence-corrected chi connectivity index (χ3v) is 23.6. The maximum Gasteiger partial charge on any atom is 0.459 e. The fraction of sp³-hybridized carbons (Fsp3) is 0.534. The molecule has 3 aromatic carbocycles. The average molecular weight is 1780 g/mol. The Labute approximate surface area is 685 Å². The van der Waals surface area contributed by atoms with Crippen LogP contribution in [0.15, 0.2) is 157 Å². The number of H-pyrrole nitrogens is 3. The van der Waals surface area contributed by atoms with E-state index >= 15 is 13.2 Å². The van der Waals surface area contributed by atoms with Gasteiger partial charge in [0.2, 0.25) is 0 Å². The van der Waals surface area contributed by atoms with Crippen molar-refractivity contribution in [2.24, 2.45) is 0 Å². The highest BCUT2D eigenvalue weighted by atomic mass is 31.2. The van der Waals surface area contributed by atoms with Gasteiger partial charge in [0.1, 0.15) is 78.0 Å². The van der Waals surface area contributed by atoms with Gasteiger partial charge in [0, 0.05) is 43.5 Å². The molecule has 3 aromatic heterocycles. The van der Waals surface area contributed by atoms with Crippen molar-refractivity contribution < 1.29 is 126 Å². The number of aromatic nitrogens is 6. The summed E-state index contributed by atoms with van der Waals surface area (Å²) in [6, 6.07) is 22.0. The number of aliphatic hydroxyl groups is 2. The Bertz CT molecular complexity index is 5040. The van der Waals surface area contributed by atoms with Gasteiger partial charge in [-0.1, -0.05) is 54.6 Å². The first-order chi connectivity index (χ1) is 55.9. The van der Waals surface area contributed by atoms with Crippen LogP contribution in [0.2, 0.25) is 0 Å². The van der Waals surface area contributed by atoms with Crippen LogP contribution in [0.5, 0.6) is 17.2 Å². The predicted molar refractivity (Wildman–Crippen MR) is 422 cm³/mol. The third-order valence-electron chi connectivity index (χ3n) is 17.2. The maximum atomic E-state index is 16.8. The summed E-state index contributed by atoms with van der Waals surface area (Å²) < 4.78 is 183. The van der Waals surface area contributed by atoms with E-state index in [1.54, 1.807) is 110 Å². The van der Waals surface area contributed by atoms with E-state index in [1.165, 1.54) is 64.1 Å². The Morgan fingerprint density at radius 2 is 0.717 bits per heavy atom. The molecule has 0 radical (unpaired) electrons. The second-order valence-corrected chi connectivity index (χ2v) is 36.4. The second-order valence-electron chi connectivity index (χ2n) is 29.3. The quantitative estimate of drug-likeness (QED) is 0.0112. The molecule has 6 heterocycles. The number of alkyl halides is 3. The van der Waals surface area contributed by atoms with Crippen molar-refractivity contribution in [3.8, 4) is 17.2 Å². The van der Waals surface area contributed by atoms with Gasteiger partial charge in [0.25, 0.3) is 24.2 Å². The average Bonchev–Trinajstić information content (AvgIpc) is 1.63. The zero-order valence-electron chi connectivity index (χ0n) is 68.2. The van der Waals surface area contributed by atoms with Gasteiger partial charge in [-0.05, 0) is 140 Å². The summed E-state index contributed by atoms with van der Waals surface area (Å²) in [5.74, 6) is -2.64. The lowest BCUT2D eigenvalue weighted by molar-refractivity contribution is -0.150. The second kappa shape index (κ2) is 41.8. The lowest BCUT2D eigenvalue weighted by atomic mass is 9.98. The molecule has 0 spiro atoms. The standard InChI is InChI=1S/C29H43FN4O12P2.2C22H29FN3O9P/c1-17(2)42-25(36)19(5)32-47(8,39)46-24-22(44-27(29(24,7)30)34-15-14-23(35)31-28(34)38)16-41-48(40,45-21-12-10-9-11-13-21)33-20(6)26(37)43-18(3)4;1-13(2)33-19(29)14(3)25-36(31,35-15-8-6-5-7-9-15)32-12-16-18(28)22(4,23)20(34-16)26-11-10-17(27)24-21(26)30;1-13(2)32-19(29)14(3)25-36(31,34-15-8-6-5-7-9-15)35-18-16(12-27)33-20(22(18,4)23)26-11-10-17(28)24-21(26)30/h9-15,17-20,22,24,27H,16H2,1-8H3,(H,32,39)(H,33,40)(H,31,35,38);5-11,13-14,16,18,20,28H,12H2,1-4H3,(H,25,31)(H,24,27,30);5-11,13-14,16,18,20,27H,12H2,1-4H3,(H,25,31)(H,24,28,30)/t19-,20-,22+,24+,27+,29+,47?,48?;2*14-,16+,18+,20+,22+,36?/m000/s1. The number of aromatic amines is 3. The Balaban J connectivity index is 0.000000252. The number of rotatable bonds is 36. The number of halogens is 3. The van der Waals surface area contributed by atoms with Crippen LogP contribution in [0, 0.1) is 0 Å². The molecule has 3 aliphatic rings. The minimum absolute atomic E-state index is 0.0891. The highest BCUT2D eigenvalue weighted by molar-refractivity contribution is 7.56. The van der Waals surface area contributed by atoms with E-state index in [1.807, 2.05) is 15.0 Å². The van der Waals surface area contributed by atoms with Crippen LogP contribution in [0.3, 0.4) is 0 Å². The minimum Gasteiger partial charge on any atom is -0.462 e. The number of nitrogens with one attached hydrogen (secondary N) is 7. The summed E-state index contributed by atoms with van der Waals surface area (Å²) in [6.07, 6.45) is -13.5. The van der Waals surface area contributed by atoms with Crippen molar-refractivity contribution in [2.45, 2.75) is 225 Å². The molecule has 664 valence electrons. The van der Waals surface area contributed by atoms with Crippen molar-refractivity contribution in [1.82, 2.24) is 49.0 Å². The number of ether oxygens (including phenoxy) is 7. The van der Waals surface area contributed by atoms with Crippen molar-refractivity contribution in [1.29, 1.82) is 0 Å². The summed E-state index contributed by atoms with van der Waals surface area (Å²) in [6.45, 7) is 20.6. The molecule has 0 aliphatic carbocycles. The number of hydrogen-bond acceptors (Lipinski definition) is 30. The molecule has 47 heteroatoms. The third kappa shape index (κ3) is 27.1. The largest absolute Gasteiger partial charge is 0.462 e. The molecule has 120 heavy (non-hydrogen) atoms. The fourth-order valence-electron chi connectivity index (χ4n) is 11.7. The molecule has 4 unspecified atom stereocenters. The molecule has 0 amide bonds. The van der Waals surface area contributed by atoms with E-state index in [9.17, 15) is 76.4 Å². The van der Waals surface area contributed by atoms with Crippen molar-refractivity contribution in [2.75, 3.05) is 26.5 Å². The van der Waals surface area contributed by atoms with Crippen LogP contribution < -0.4 is 67.7 Å². The number of carbonyl (C=O) groups excluding carboxylic acids is 4. The molecule has 0 bridgehead atoms. The Hall–Kier alpha value is -8.83. The summed E-state index contributed by atoms with van der Waals surface area (Å²) in [5.41, 5.74) is -12.8. The van der Waals surface area contributed by atoms with Crippen LogP contribution in [0.25, 0.3) is 0 Å². The number of nitrogens with zero attached hydrogens (tertiary/aromatic N) is 3. The molecular weight excluding hydrogens is 1680 g/mol. The molecule has 40 nitrogen and oxygen atoms in total. The van der Waals surface area contributed by atoms with Crippen LogP contribution in [-0.2, 0) is 88.7 Å². The van der Waals surface area contributed by atoms with Gasteiger partial charge < -0.3 is 61.5 Å². The van der Waals surface area contributed by atoms with Gasteiger partial charge in [-0.2, -0.15) is 15.3 Å². The number of para-hydroxylation sites is 3. The van der Waals surface area contributed by atoms with Crippen LogP contribution in [0.4, 0.5) is 13.2 Å². The highest BCUT2D eigenvalue weighted by Gasteiger charge is 2.61. The van der Waals surface area contributed by atoms with Gasteiger partial charge in [-0.15, -0.1) is 0 Å². The van der Waals surface area contributed by atoms with E-state index in [0.29, 0.717) is 0 Å². The zero-order chi connectivity index (χ0) is 89.4. The molecule has 0 saturated carbocycles. The van der Waals surface area contributed by atoms with Crippen molar-refractivity contribution >= 4 is 54.6 Å². The number of aliphatic hydroxyl groups excluding tert-OH is 2. The van der Waals surface area contributed by atoms with E-state index in [4.69, 9.17) is 64.8 Å². The van der Waals surface area contributed by atoms with Gasteiger partial charge in [-0.25, -0.2) is 46.3 Å². The molecule has 3 fully saturated rings. The molecule has 9 N–H and O–H groups in total. The fourth-order valence-corrected chi connectivity index (χ4v) is 18.1. The van der Waals surface area contributed by atoms with E-state index in [2.05, 4.69) is 20.3 Å². The summed E-state index contributed by atoms with van der Waals surface area (Å²) in [5, 5.41) is 30.4. The number of hydrogen-bond donors (Lipinski definition) is 9. The number of benzene rings is 3. The summed E-state index contributed by atoms with van der Waals surface area (Å²) in [4.78, 5) is 127. The zero-order valence-corrected chi connectivity index (χ0v) is 71.7. The van der Waals surface area contributed by atoms with Crippen molar-refractivity contribution in [3.63, 3.8) is 0 Å². The van der Waals surface area contributed by atoms with Crippen molar-refractivity contribution in [3.05, 3.63) is 190 Å². The summed E-state index contributed by atoms with van der Waals surface area (Å²) in [7, 11) is -17.4. The number of carbonyl (C=O) groups is 4. The van der Waals surface area contributed by atoms with Crippen LogP contribution in [-0.4, -0.2) is 191 Å². The minimum atomic E-state index is -4.54. The van der Waals surface area contributed by atoms with Gasteiger partial charge in [0.05, 0.1) is 44.2 Å². The molecule has 9 rings (SSSR count). The lowest BCUT2D eigenvalue weighted by Crippen LogP contribution is -2.46. The molecule has 3 saturated heterocycles. The van der Waals surface area contributed by atoms with Gasteiger partial charge in [0.15, 0.2) is 35.7 Å².